The van der Waals surface area contributed by atoms with Crippen LogP contribution in [0.5, 0.6) is 5.75 Å². The maximum atomic E-state index is 12.3. The number of nitrogen functional groups attached to an aromatic ring is 1. The monoisotopic (exact) mass is 270 g/mol. The Bertz CT molecular complexity index is 597. The molecule has 0 radical (unpaired) electrons. The quantitative estimate of drug-likeness (QED) is 0.840. The zero-order valence-electron chi connectivity index (χ0n) is 11.6. The van der Waals surface area contributed by atoms with E-state index in [-0.39, 0.29) is 11.9 Å². The fourth-order valence-corrected chi connectivity index (χ4v) is 2.00. The van der Waals surface area contributed by atoms with Crippen molar-refractivity contribution in [2.75, 3.05) is 12.8 Å². The number of carbonyl (C=O) groups excluding carboxylic acids is 1. The predicted molar refractivity (Wildman–Crippen MR) is 79.7 cm³/mol. The highest BCUT2D eigenvalue weighted by atomic mass is 16.5. The maximum Gasteiger partial charge on any atom is 0.255 e. The average molecular weight is 270 g/mol. The highest BCUT2D eigenvalue weighted by Crippen LogP contribution is 2.22. The molecule has 0 unspecified atom stereocenters. The van der Waals surface area contributed by atoms with E-state index in [1.165, 1.54) is 7.11 Å². The van der Waals surface area contributed by atoms with Gasteiger partial charge in [0.15, 0.2) is 0 Å². The number of amides is 1. The van der Waals surface area contributed by atoms with E-state index in [9.17, 15) is 4.79 Å². The topological polar surface area (TPSA) is 64.3 Å². The number of nitrogens with two attached hydrogens (primary N) is 1. The summed E-state index contributed by atoms with van der Waals surface area (Å²) >= 11 is 0. The Morgan fingerprint density at radius 1 is 1.20 bits per heavy atom. The number of rotatable bonds is 4. The van der Waals surface area contributed by atoms with Crippen LogP contribution in [0.3, 0.4) is 0 Å². The van der Waals surface area contributed by atoms with Crippen molar-refractivity contribution >= 4 is 11.6 Å². The number of methoxy groups -OCH3 is 1. The first kappa shape index (κ1) is 13.9. The molecule has 0 aliphatic carbocycles. The van der Waals surface area contributed by atoms with Crippen molar-refractivity contribution in [2.45, 2.75) is 13.0 Å². The van der Waals surface area contributed by atoms with Gasteiger partial charge in [-0.25, -0.2) is 0 Å². The van der Waals surface area contributed by atoms with E-state index in [2.05, 4.69) is 5.32 Å². The molecule has 0 fully saturated rings. The van der Waals surface area contributed by atoms with Crippen molar-refractivity contribution in [3.8, 4) is 5.75 Å². The zero-order chi connectivity index (χ0) is 14.5. The Morgan fingerprint density at radius 2 is 1.90 bits per heavy atom. The standard InChI is InChI=1S/C16H18N2O2/c1-11(12-6-4-3-5-7-12)18-16(19)14-10-13(17)8-9-15(14)20-2/h3-11H,17H2,1-2H3,(H,18,19)/t11-/m1/s1. The second-order valence-electron chi connectivity index (χ2n) is 4.57. The minimum absolute atomic E-state index is 0.0881. The summed E-state index contributed by atoms with van der Waals surface area (Å²) in [7, 11) is 1.53. The molecule has 0 aliphatic rings. The lowest BCUT2D eigenvalue weighted by atomic mass is 10.1. The highest BCUT2D eigenvalue weighted by Gasteiger charge is 2.15. The second kappa shape index (κ2) is 6.10. The third-order valence-electron chi connectivity index (χ3n) is 3.12. The summed E-state index contributed by atoms with van der Waals surface area (Å²) in [6.45, 7) is 1.94. The van der Waals surface area contributed by atoms with Gasteiger partial charge in [0.25, 0.3) is 5.91 Å². The predicted octanol–water partition coefficient (Wildman–Crippen LogP) is 2.77. The van der Waals surface area contributed by atoms with Crippen LogP contribution >= 0.6 is 0 Å². The smallest absolute Gasteiger partial charge is 0.255 e. The Kier molecular flexibility index (Phi) is 4.25. The molecular formula is C16H18N2O2. The van der Waals surface area contributed by atoms with E-state index >= 15 is 0 Å². The van der Waals surface area contributed by atoms with Gasteiger partial charge in [-0.1, -0.05) is 30.3 Å². The molecule has 104 valence electrons. The maximum absolute atomic E-state index is 12.3. The van der Waals surface area contributed by atoms with E-state index in [0.717, 1.165) is 5.56 Å². The number of carbonyl (C=O) groups is 1. The minimum atomic E-state index is -0.203. The van der Waals surface area contributed by atoms with E-state index in [0.29, 0.717) is 17.0 Å². The molecule has 1 amide bonds. The zero-order valence-corrected chi connectivity index (χ0v) is 11.6. The molecule has 2 aromatic rings. The molecule has 2 rings (SSSR count). The van der Waals surface area contributed by atoms with Gasteiger partial charge < -0.3 is 15.8 Å². The summed E-state index contributed by atoms with van der Waals surface area (Å²) < 4.78 is 5.19. The molecule has 20 heavy (non-hydrogen) atoms. The Balaban J connectivity index is 2.18. The lowest BCUT2D eigenvalue weighted by molar-refractivity contribution is 0.0937. The van der Waals surface area contributed by atoms with Crippen molar-refractivity contribution in [2.24, 2.45) is 0 Å². The molecule has 0 aromatic heterocycles. The van der Waals surface area contributed by atoms with E-state index in [4.69, 9.17) is 10.5 Å². The fraction of sp³-hybridized carbons (Fsp3) is 0.188. The van der Waals surface area contributed by atoms with Gasteiger partial charge in [0.05, 0.1) is 18.7 Å². The van der Waals surface area contributed by atoms with E-state index < -0.39 is 0 Å². The number of ether oxygens (including phenoxy) is 1. The molecule has 1 atom stereocenters. The number of benzene rings is 2. The van der Waals surface area contributed by atoms with Gasteiger partial charge in [-0.15, -0.1) is 0 Å². The summed E-state index contributed by atoms with van der Waals surface area (Å²) in [5.41, 5.74) is 7.74. The number of anilines is 1. The molecule has 0 spiro atoms. The third kappa shape index (κ3) is 3.09. The molecule has 4 nitrogen and oxygen atoms in total. The van der Waals surface area contributed by atoms with Crippen molar-refractivity contribution in [1.29, 1.82) is 0 Å². The number of hydrogen-bond acceptors (Lipinski definition) is 3. The van der Waals surface area contributed by atoms with Crippen LogP contribution in [0.2, 0.25) is 0 Å². The van der Waals surface area contributed by atoms with Crippen LogP contribution in [0.25, 0.3) is 0 Å². The second-order valence-corrected chi connectivity index (χ2v) is 4.57. The van der Waals surface area contributed by atoms with Crippen molar-refractivity contribution in [3.05, 3.63) is 59.7 Å². The van der Waals surface area contributed by atoms with Gasteiger partial charge in [0.1, 0.15) is 5.75 Å². The van der Waals surface area contributed by atoms with Crippen molar-refractivity contribution in [1.82, 2.24) is 5.32 Å². The number of hydrogen-bond donors (Lipinski definition) is 2. The summed E-state index contributed by atoms with van der Waals surface area (Å²) in [4.78, 5) is 12.3. The van der Waals surface area contributed by atoms with Crippen LogP contribution in [0.4, 0.5) is 5.69 Å². The Morgan fingerprint density at radius 3 is 2.55 bits per heavy atom. The normalized spacial score (nSPS) is 11.7. The van der Waals surface area contributed by atoms with E-state index in [1.54, 1.807) is 18.2 Å². The Hall–Kier alpha value is -2.49. The lowest BCUT2D eigenvalue weighted by Crippen LogP contribution is -2.27. The molecule has 0 bridgehead atoms. The van der Waals surface area contributed by atoms with Gasteiger partial charge in [0, 0.05) is 5.69 Å². The van der Waals surface area contributed by atoms with Gasteiger partial charge in [-0.05, 0) is 30.7 Å². The van der Waals surface area contributed by atoms with Crippen LogP contribution in [0.15, 0.2) is 48.5 Å². The molecule has 2 aromatic carbocycles. The van der Waals surface area contributed by atoms with Crippen molar-refractivity contribution in [3.63, 3.8) is 0 Å². The van der Waals surface area contributed by atoms with Gasteiger partial charge in [-0.3, -0.25) is 4.79 Å². The molecule has 0 heterocycles. The van der Waals surface area contributed by atoms with Crippen LogP contribution in [-0.2, 0) is 0 Å². The first-order valence-corrected chi connectivity index (χ1v) is 6.41. The largest absolute Gasteiger partial charge is 0.496 e. The molecule has 0 aliphatic heterocycles. The van der Waals surface area contributed by atoms with Crippen LogP contribution in [0, 0.1) is 0 Å². The summed E-state index contributed by atoms with van der Waals surface area (Å²) in [5.74, 6) is 0.308. The van der Waals surface area contributed by atoms with Crippen LogP contribution < -0.4 is 15.8 Å². The summed E-state index contributed by atoms with van der Waals surface area (Å²) in [6.07, 6.45) is 0. The minimum Gasteiger partial charge on any atom is -0.496 e. The highest BCUT2D eigenvalue weighted by molar-refractivity contribution is 5.98. The van der Waals surface area contributed by atoms with E-state index in [1.807, 2.05) is 37.3 Å². The fourth-order valence-electron chi connectivity index (χ4n) is 2.00. The van der Waals surface area contributed by atoms with Crippen molar-refractivity contribution < 1.29 is 9.53 Å². The molecule has 0 saturated carbocycles. The molecular weight excluding hydrogens is 252 g/mol. The first-order chi connectivity index (χ1) is 9.61. The molecule has 0 saturated heterocycles. The summed E-state index contributed by atoms with van der Waals surface area (Å²) in [5, 5.41) is 2.94. The Labute approximate surface area is 118 Å². The van der Waals surface area contributed by atoms with Gasteiger partial charge in [-0.2, -0.15) is 0 Å². The third-order valence-corrected chi connectivity index (χ3v) is 3.12. The lowest BCUT2D eigenvalue weighted by Gasteiger charge is -2.16. The SMILES string of the molecule is COc1ccc(N)cc1C(=O)N[C@H](C)c1ccccc1. The summed E-state index contributed by atoms with van der Waals surface area (Å²) in [6, 6.07) is 14.7. The van der Waals surface area contributed by atoms with Crippen LogP contribution in [-0.4, -0.2) is 13.0 Å². The van der Waals surface area contributed by atoms with Gasteiger partial charge >= 0.3 is 0 Å². The number of nitrogens with one attached hydrogen (secondary N) is 1. The molecule has 3 N–H and O–H groups in total. The van der Waals surface area contributed by atoms with Gasteiger partial charge in [0.2, 0.25) is 0 Å². The molecule has 4 heteroatoms. The first-order valence-electron chi connectivity index (χ1n) is 6.41. The average Bonchev–Trinajstić information content (AvgIpc) is 2.48. The van der Waals surface area contributed by atoms with Crippen LogP contribution in [0.1, 0.15) is 28.9 Å².